The predicted molar refractivity (Wildman–Crippen MR) is 104 cm³/mol. The third kappa shape index (κ3) is 6.01. The molecule has 1 atom stereocenters. The van der Waals surface area contributed by atoms with Gasteiger partial charge in [0.15, 0.2) is 6.61 Å². The van der Waals surface area contributed by atoms with Crippen molar-refractivity contribution in [2.75, 3.05) is 13.7 Å². The molecule has 0 aliphatic rings. The van der Waals surface area contributed by atoms with Crippen molar-refractivity contribution in [2.45, 2.75) is 31.3 Å². The lowest BCUT2D eigenvalue weighted by atomic mass is 10.0. The Labute approximate surface area is 161 Å². The molecule has 0 spiro atoms. The van der Waals surface area contributed by atoms with Gasteiger partial charge < -0.3 is 9.47 Å². The zero-order chi connectivity index (χ0) is 20.0. The summed E-state index contributed by atoms with van der Waals surface area (Å²) in [6.45, 7) is 5.08. The van der Waals surface area contributed by atoms with Gasteiger partial charge in [-0.15, -0.1) is 0 Å². The molecule has 7 heteroatoms. The first-order chi connectivity index (χ1) is 12.7. The van der Waals surface area contributed by atoms with E-state index in [2.05, 4.69) is 4.72 Å². The van der Waals surface area contributed by atoms with E-state index in [1.54, 1.807) is 64.2 Å². The molecule has 0 radical (unpaired) electrons. The second-order valence-corrected chi connectivity index (χ2v) is 8.17. The van der Waals surface area contributed by atoms with Crippen LogP contribution in [0.2, 0.25) is 0 Å². The summed E-state index contributed by atoms with van der Waals surface area (Å²) in [5.41, 5.74) is 1.21. The number of aldehydes is 1. The van der Waals surface area contributed by atoms with Gasteiger partial charge in [0, 0.05) is 11.1 Å². The molecule has 2 aromatic carbocycles. The molecule has 0 saturated heterocycles. The summed E-state index contributed by atoms with van der Waals surface area (Å²) in [6, 6.07) is 12.0. The van der Waals surface area contributed by atoms with E-state index in [9.17, 15) is 13.8 Å². The number of ether oxygens (including phenoxy) is 2. The second-order valence-electron chi connectivity index (χ2n) is 6.75. The fourth-order valence-electron chi connectivity index (χ4n) is 2.38. The van der Waals surface area contributed by atoms with E-state index in [0.29, 0.717) is 21.8 Å². The average Bonchev–Trinajstić information content (AvgIpc) is 2.64. The maximum absolute atomic E-state index is 12.0. The highest BCUT2D eigenvalue weighted by Crippen LogP contribution is 2.32. The van der Waals surface area contributed by atoms with Crippen LogP contribution in [0.1, 0.15) is 31.1 Å². The Hall–Kier alpha value is -2.51. The monoisotopic (exact) mass is 389 g/mol. The molecular formula is C20H23NO5S. The van der Waals surface area contributed by atoms with Crippen LogP contribution in [0, 0.1) is 0 Å². The predicted octanol–water partition coefficient (Wildman–Crippen LogP) is 3.13. The zero-order valence-electron chi connectivity index (χ0n) is 15.8. The third-order valence-electron chi connectivity index (χ3n) is 3.45. The van der Waals surface area contributed by atoms with Crippen LogP contribution in [-0.4, -0.2) is 35.7 Å². The molecule has 144 valence electrons. The number of carbonyl (C=O) groups is 2. The summed E-state index contributed by atoms with van der Waals surface area (Å²) in [7, 11) is 0.257. The normalized spacial score (nSPS) is 12.3. The Morgan fingerprint density at radius 1 is 1.19 bits per heavy atom. The van der Waals surface area contributed by atoms with Crippen molar-refractivity contribution < 1.29 is 23.3 Å². The molecule has 6 nitrogen and oxygen atoms in total. The van der Waals surface area contributed by atoms with Crippen molar-refractivity contribution in [2.24, 2.45) is 0 Å². The Kier molecular flexibility index (Phi) is 6.87. The molecule has 0 amide bonds. The summed E-state index contributed by atoms with van der Waals surface area (Å²) in [4.78, 5) is 23.7. The second kappa shape index (κ2) is 8.92. The van der Waals surface area contributed by atoms with E-state index >= 15 is 0 Å². The molecule has 27 heavy (non-hydrogen) atoms. The molecule has 0 saturated carbocycles. The first-order valence-electron chi connectivity index (χ1n) is 8.37. The molecule has 2 rings (SSSR count). The van der Waals surface area contributed by atoms with Crippen LogP contribution < -0.4 is 9.46 Å². The molecule has 0 bridgehead atoms. The summed E-state index contributed by atoms with van der Waals surface area (Å²) >= 11 is 0. The van der Waals surface area contributed by atoms with Gasteiger partial charge in [0.05, 0.1) is 4.90 Å². The van der Waals surface area contributed by atoms with Crippen molar-refractivity contribution in [1.82, 2.24) is 4.72 Å². The first-order valence-corrected chi connectivity index (χ1v) is 9.52. The maximum Gasteiger partial charge on any atom is 0.344 e. The number of carbonyl (C=O) groups excluding carboxylic acids is 2. The molecule has 1 N–H and O–H groups in total. The average molecular weight is 389 g/mol. The Bertz CT molecular complexity index is 858. The molecule has 2 aromatic rings. The lowest BCUT2D eigenvalue weighted by Crippen LogP contribution is -2.27. The van der Waals surface area contributed by atoms with Gasteiger partial charge >= 0.3 is 5.97 Å². The van der Waals surface area contributed by atoms with E-state index < -0.39 is 22.6 Å². The number of hydrogen-bond acceptors (Lipinski definition) is 5. The lowest BCUT2D eigenvalue weighted by molar-refractivity contribution is -0.157. The highest BCUT2D eigenvalue weighted by molar-refractivity contribution is 7.83. The molecule has 1 unspecified atom stereocenters. The molecule has 0 aromatic heterocycles. The van der Waals surface area contributed by atoms with Crippen molar-refractivity contribution in [3.63, 3.8) is 0 Å². The van der Waals surface area contributed by atoms with Crippen LogP contribution in [0.15, 0.2) is 47.4 Å². The SMILES string of the molecule is CNS(=O)c1cccc(-c2cc(C=O)ccc2OCC(=O)OC(C)(C)C)c1. The van der Waals surface area contributed by atoms with Gasteiger partial charge in [0.1, 0.15) is 28.6 Å². The van der Waals surface area contributed by atoms with E-state index in [4.69, 9.17) is 9.47 Å². The van der Waals surface area contributed by atoms with Crippen molar-refractivity contribution in [1.29, 1.82) is 0 Å². The molecular weight excluding hydrogens is 366 g/mol. The van der Waals surface area contributed by atoms with Crippen molar-refractivity contribution >= 4 is 23.2 Å². The van der Waals surface area contributed by atoms with Gasteiger partial charge in [-0.05, 0) is 63.7 Å². The largest absolute Gasteiger partial charge is 0.481 e. The number of rotatable bonds is 7. The standard InChI is InChI=1S/C20H23NO5S/c1-20(2,3)26-19(23)13-25-18-9-8-14(12-22)10-17(18)15-6-5-7-16(11-15)27(24)21-4/h5-12,21H,13H2,1-4H3. The van der Waals surface area contributed by atoms with Gasteiger partial charge in [-0.2, -0.15) is 0 Å². The molecule has 0 heterocycles. The van der Waals surface area contributed by atoms with Gasteiger partial charge in [-0.3, -0.25) is 4.79 Å². The number of benzene rings is 2. The van der Waals surface area contributed by atoms with Gasteiger partial charge in [-0.1, -0.05) is 12.1 Å². The number of hydrogen-bond donors (Lipinski definition) is 1. The van der Waals surface area contributed by atoms with E-state index in [-0.39, 0.29) is 6.61 Å². The molecule has 0 aliphatic heterocycles. The topological polar surface area (TPSA) is 81.7 Å². The molecule has 0 fully saturated rings. The summed E-state index contributed by atoms with van der Waals surface area (Å²) in [5, 5.41) is 0. The van der Waals surface area contributed by atoms with Crippen molar-refractivity contribution in [3.8, 4) is 16.9 Å². The van der Waals surface area contributed by atoms with Crippen LogP contribution in [0.25, 0.3) is 11.1 Å². The Morgan fingerprint density at radius 2 is 1.93 bits per heavy atom. The third-order valence-corrected chi connectivity index (χ3v) is 4.50. The van der Waals surface area contributed by atoms with E-state index in [0.717, 1.165) is 11.8 Å². The Balaban J connectivity index is 2.34. The highest BCUT2D eigenvalue weighted by atomic mass is 32.2. The van der Waals surface area contributed by atoms with Crippen molar-refractivity contribution in [3.05, 3.63) is 48.0 Å². The van der Waals surface area contributed by atoms with Gasteiger partial charge in [0.25, 0.3) is 0 Å². The van der Waals surface area contributed by atoms with Crippen LogP contribution in [0.3, 0.4) is 0 Å². The van der Waals surface area contributed by atoms with Crippen LogP contribution in [0.4, 0.5) is 0 Å². The summed E-state index contributed by atoms with van der Waals surface area (Å²) < 4.78 is 25.6. The van der Waals surface area contributed by atoms with Gasteiger partial charge in [0.2, 0.25) is 0 Å². The quantitative estimate of drug-likeness (QED) is 0.581. The fraction of sp³-hybridized carbons (Fsp3) is 0.300. The Morgan fingerprint density at radius 3 is 2.56 bits per heavy atom. The van der Waals surface area contributed by atoms with Crippen LogP contribution >= 0.6 is 0 Å². The lowest BCUT2D eigenvalue weighted by Gasteiger charge is -2.20. The zero-order valence-corrected chi connectivity index (χ0v) is 16.6. The first kappa shape index (κ1) is 20.8. The maximum atomic E-state index is 12.0. The summed E-state index contributed by atoms with van der Waals surface area (Å²) in [5.74, 6) is -0.0585. The smallest absolute Gasteiger partial charge is 0.344 e. The fourth-order valence-corrected chi connectivity index (χ4v) is 3.05. The summed E-state index contributed by atoms with van der Waals surface area (Å²) in [6.07, 6.45) is 0.733. The number of esters is 1. The van der Waals surface area contributed by atoms with E-state index in [1.807, 2.05) is 6.07 Å². The van der Waals surface area contributed by atoms with Crippen LogP contribution in [-0.2, 0) is 20.5 Å². The highest BCUT2D eigenvalue weighted by Gasteiger charge is 2.18. The minimum absolute atomic E-state index is 0.257. The number of nitrogens with one attached hydrogen (secondary N) is 1. The van der Waals surface area contributed by atoms with E-state index in [1.165, 1.54) is 0 Å². The minimum atomic E-state index is -1.35. The van der Waals surface area contributed by atoms with Gasteiger partial charge in [-0.25, -0.2) is 13.7 Å². The van der Waals surface area contributed by atoms with Crippen LogP contribution in [0.5, 0.6) is 5.75 Å². The minimum Gasteiger partial charge on any atom is -0.481 e. The molecule has 0 aliphatic carbocycles.